The van der Waals surface area contributed by atoms with Gasteiger partial charge in [0.1, 0.15) is 0 Å². The summed E-state index contributed by atoms with van der Waals surface area (Å²) in [6.07, 6.45) is 6.78. The lowest BCUT2D eigenvalue weighted by molar-refractivity contribution is 0.150. The summed E-state index contributed by atoms with van der Waals surface area (Å²) < 4.78 is 0. The predicted molar refractivity (Wildman–Crippen MR) is 75.3 cm³/mol. The van der Waals surface area contributed by atoms with Crippen molar-refractivity contribution in [3.05, 3.63) is 29.6 Å². The van der Waals surface area contributed by atoms with Gasteiger partial charge in [-0.15, -0.1) is 0 Å². The molecular formula is C15H25N3. The smallest absolute Gasteiger partial charge is 0.0547 e. The summed E-state index contributed by atoms with van der Waals surface area (Å²) in [4.78, 5) is 7.14. The van der Waals surface area contributed by atoms with Crippen LogP contribution in [0.1, 0.15) is 43.5 Å². The molecule has 0 aliphatic heterocycles. The average molecular weight is 247 g/mol. The van der Waals surface area contributed by atoms with Crippen molar-refractivity contribution >= 4 is 0 Å². The zero-order valence-electron chi connectivity index (χ0n) is 11.4. The molecule has 0 aromatic carbocycles. The molecule has 1 aromatic heterocycles. The second-order valence-electron chi connectivity index (χ2n) is 5.32. The minimum Gasteiger partial charge on any atom is -0.329 e. The topological polar surface area (TPSA) is 42.1 Å². The molecule has 1 saturated carbocycles. The Balaban J connectivity index is 2.00. The fraction of sp³-hybridized carbons (Fsp3) is 0.667. The van der Waals surface area contributed by atoms with Crippen LogP contribution in [0.5, 0.6) is 0 Å². The number of pyridine rings is 1. The molecule has 0 amide bonds. The first-order valence-electron chi connectivity index (χ1n) is 7.16. The van der Waals surface area contributed by atoms with Crippen molar-refractivity contribution in [2.45, 2.75) is 51.6 Å². The molecule has 2 N–H and O–H groups in total. The highest BCUT2D eigenvalue weighted by molar-refractivity contribution is 5.10. The zero-order chi connectivity index (χ0) is 12.8. The fourth-order valence-corrected chi connectivity index (χ4v) is 2.90. The molecule has 0 saturated heterocycles. The zero-order valence-corrected chi connectivity index (χ0v) is 11.4. The highest BCUT2D eigenvalue weighted by Crippen LogP contribution is 2.23. The van der Waals surface area contributed by atoms with E-state index < -0.39 is 0 Å². The van der Waals surface area contributed by atoms with E-state index >= 15 is 0 Å². The van der Waals surface area contributed by atoms with Gasteiger partial charge in [0.2, 0.25) is 0 Å². The minimum absolute atomic E-state index is 0.713. The number of hydrogen-bond acceptors (Lipinski definition) is 3. The second kappa shape index (κ2) is 6.86. The van der Waals surface area contributed by atoms with Gasteiger partial charge in [0, 0.05) is 31.4 Å². The van der Waals surface area contributed by atoms with E-state index in [2.05, 4.69) is 35.0 Å². The van der Waals surface area contributed by atoms with Crippen LogP contribution in [0.25, 0.3) is 0 Å². The lowest BCUT2D eigenvalue weighted by atomic mass is 9.94. The normalized spacial score (nSPS) is 17.3. The van der Waals surface area contributed by atoms with Gasteiger partial charge in [0.15, 0.2) is 0 Å². The minimum atomic E-state index is 0.713. The van der Waals surface area contributed by atoms with Crippen molar-refractivity contribution < 1.29 is 0 Å². The number of rotatable bonds is 5. The molecule has 1 fully saturated rings. The highest BCUT2D eigenvalue weighted by Gasteiger charge is 2.20. The van der Waals surface area contributed by atoms with Gasteiger partial charge in [-0.2, -0.15) is 0 Å². The van der Waals surface area contributed by atoms with Gasteiger partial charge in [-0.3, -0.25) is 9.88 Å². The first-order chi connectivity index (χ1) is 8.79. The van der Waals surface area contributed by atoms with Crippen molar-refractivity contribution in [2.24, 2.45) is 5.73 Å². The standard InChI is InChI=1S/C15H25N3/c1-13-6-5-7-14(17-13)12-18(11-10-16)15-8-3-2-4-9-15/h5-7,15H,2-4,8-12,16H2,1H3. The first-order valence-corrected chi connectivity index (χ1v) is 7.16. The monoisotopic (exact) mass is 247 g/mol. The highest BCUT2D eigenvalue weighted by atomic mass is 15.2. The lowest BCUT2D eigenvalue weighted by Gasteiger charge is -2.33. The molecule has 0 unspecified atom stereocenters. The molecule has 0 bridgehead atoms. The molecule has 1 heterocycles. The molecule has 1 aliphatic rings. The Morgan fingerprint density at radius 3 is 2.72 bits per heavy atom. The van der Waals surface area contributed by atoms with E-state index in [1.165, 1.54) is 37.8 Å². The first kappa shape index (κ1) is 13.5. The maximum absolute atomic E-state index is 5.76. The van der Waals surface area contributed by atoms with Gasteiger partial charge < -0.3 is 5.73 Å². The van der Waals surface area contributed by atoms with Crippen molar-refractivity contribution in [2.75, 3.05) is 13.1 Å². The van der Waals surface area contributed by atoms with Crippen molar-refractivity contribution in [3.8, 4) is 0 Å². The van der Waals surface area contributed by atoms with Gasteiger partial charge in [-0.05, 0) is 31.9 Å². The Morgan fingerprint density at radius 2 is 2.06 bits per heavy atom. The molecule has 2 rings (SSSR count). The van der Waals surface area contributed by atoms with Gasteiger partial charge >= 0.3 is 0 Å². The summed E-state index contributed by atoms with van der Waals surface area (Å²) in [5, 5.41) is 0. The van der Waals surface area contributed by atoms with Crippen LogP contribution in [0.4, 0.5) is 0 Å². The van der Waals surface area contributed by atoms with Gasteiger partial charge in [0.25, 0.3) is 0 Å². The third-order valence-corrected chi connectivity index (χ3v) is 3.82. The number of aryl methyl sites for hydroxylation is 1. The third kappa shape index (κ3) is 3.79. The number of nitrogens with zero attached hydrogens (tertiary/aromatic N) is 2. The van der Waals surface area contributed by atoms with Gasteiger partial charge in [-0.25, -0.2) is 0 Å². The molecule has 0 radical (unpaired) electrons. The van der Waals surface area contributed by atoms with E-state index in [-0.39, 0.29) is 0 Å². The van der Waals surface area contributed by atoms with Gasteiger partial charge in [-0.1, -0.05) is 25.3 Å². The molecule has 1 aromatic rings. The number of nitrogens with two attached hydrogens (primary N) is 1. The van der Waals surface area contributed by atoms with E-state index in [9.17, 15) is 0 Å². The second-order valence-corrected chi connectivity index (χ2v) is 5.32. The SMILES string of the molecule is Cc1cccc(CN(CCN)C2CCCCC2)n1. The van der Waals surface area contributed by atoms with Crippen LogP contribution in [0, 0.1) is 6.92 Å². The van der Waals surface area contributed by atoms with E-state index in [4.69, 9.17) is 5.73 Å². The van der Waals surface area contributed by atoms with E-state index in [0.717, 1.165) is 25.3 Å². The van der Waals surface area contributed by atoms with Gasteiger partial charge in [0.05, 0.1) is 5.69 Å². The van der Waals surface area contributed by atoms with Crippen LogP contribution < -0.4 is 5.73 Å². The Bertz CT molecular complexity index is 359. The van der Waals surface area contributed by atoms with E-state index in [1.807, 2.05) is 0 Å². The maximum Gasteiger partial charge on any atom is 0.0547 e. The summed E-state index contributed by atoms with van der Waals surface area (Å²) in [6, 6.07) is 6.99. The fourth-order valence-electron chi connectivity index (χ4n) is 2.90. The Labute approximate surface area is 110 Å². The van der Waals surface area contributed by atoms with Crippen LogP contribution in [0.3, 0.4) is 0 Å². The maximum atomic E-state index is 5.76. The van der Waals surface area contributed by atoms with E-state index in [0.29, 0.717) is 6.04 Å². The average Bonchev–Trinajstić information content (AvgIpc) is 2.39. The molecule has 0 spiro atoms. The molecule has 100 valence electrons. The number of hydrogen-bond donors (Lipinski definition) is 1. The van der Waals surface area contributed by atoms with Crippen molar-refractivity contribution in [1.29, 1.82) is 0 Å². The lowest BCUT2D eigenvalue weighted by Crippen LogP contribution is -2.39. The van der Waals surface area contributed by atoms with Crippen molar-refractivity contribution in [3.63, 3.8) is 0 Å². The third-order valence-electron chi connectivity index (χ3n) is 3.82. The molecule has 3 heteroatoms. The summed E-state index contributed by atoms with van der Waals surface area (Å²) in [6.45, 7) is 4.73. The predicted octanol–water partition coefficient (Wildman–Crippen LogP) is 2.48. The molecule has 18 heavy (non-hydrogen) atoms. The van der Waals surface area contributed by atoms with Crippen LogP contribution in [-0.4, -0.2) is 29.0 Å². The summed E-state index contributed by atoms with van der Waals surface area (Å²) in [5.74, 6) is 0. The summed E-state index contributed by atoms with van der Waals surface area (Å²) in [5.41, 5.74) is 8.03. The molecular weight excluding hydrogens is 222 g/mol. The van der Waals surface area contributed by atoms with Crippen LogP contribution in [0.15, 0.2) is 18.2 Å². The summed E-state index contributed by atoms with van der Waals surface area (Å²) >= 11 is 0. The molecule has 0 atom stereocenters. The van der Waals surface area contributed by atoms with Crippen molar-refractivity contribution in [1.82, 2.24) is 9.88 Å². The quantitative estimate of drug-likeness (QED) is 0.869. The van der Waals surface area contributed by atoms with Crippen LogP contribution in [0.2, 0.25) is 0 Å². The largest absolute Gasteiger partial charge is 0.329 e. The Hall–Kier alpha value is -0.930. The molecule has 3 nitrogen and oxygen atoms in total. The Kier molecular flexibility index (Phi) is 5.14. The molecule has 1 aliphatic carbocycles. The van der Waals surface area contributed by atoms with E-state index in [1.54, 1.807) is 0 Å². The summed E-state index contributed by atoms with van der Waals surface area (Å²) in [7, 11) is 0. The van der Waals surface area contributed by atoms with Crippen LogP contribution in [-0.2, 0) is 6.54 Å². The number of aromatic nitrogens is 1. The Morgan fingerprint density at radius 1 is 1.28 bits per heavy atom. The van der Waals surface area contributed by atoms with Crippen LogP contribution >= 0.6 is 0 Å².